The van der Waals surface area contributed by atoms with Crippen LogP contribution in [0.25, 0.3) is 0 Å². The maximum atomic E-state index is 10.5. The molecule has 0 spiro atoms. The van der Waals surface area contributed by atoms with Gasteiger partial charge < -0.3 is 5.32 Å². The van der Waals surface area contributed by atoms with Crippen LogP contribution < -0.4 is 5.32 Å². The first-order valence-electron chi connectivity index (χ1n) is 5.99. The Morgan fingerprint density at radius 3 is 2.82 bits per heavy atom. The number of aromatic nitrogens is 1. The van der Waals surface area contributed by atoms with Gasteiger partial charge in [0.2, 0.25) is 0 Å². The van der Waals surface area contributed by atoms with Crippen molar-refractivity contribution in [3.05, 3.63) is 16.3 Å². The van der Waals surface area contributed by atoms with Crippen molar-refractivity contribution in [2.45, 2.75) is 39.0 Å². The van der Waals surface area contributed by atoms with Gasteiger partial charge >= 0.3 is 5.00 Å². The average Bonchev–Trinajstić information content (AvgIpc) is 2.96. The van der Waals surface area contributed by atoms with E-state index in [0.717, 1.165) is 24.3 Å². The van der Waals surface area contributed by atoms with Crippen LogP contribution in [0.3, 0.4) is 0 Å². The number of thiazole rings is 1. The Morgan fingerprint density at radius 1 is 1.59 bits per heavy atom. The van der Waals surface area contributed by atoms with E-state index in [1.165, 1.54) is 31.9 Å². The predicted molar refractivity (Wildman–Crippen MR) is 68.5 cm³/mol. The Bertz CT molecular complexity index is 399. The standard InChI is InChI=1S/C11H17N3O2S/c1-2-11(5-3-4-6-11)8-13-10-12-7-9(17-10)14(15)16/h7H,2-6,8H2,1H3,(H,12,13). The second-order valence-corrected chi connectivity index (χ2v) is 5.68. The lowest BCUT2D eigenvalue weighted by Gasteiger charge is -2.27. The summed E-state index contributed by atoms with van der Waals surface area (Å²) in [5.41, 5.74) is 0.375. The third-order valence-corrected chi connectivity index (χ3v) is 4.61. The summed E-state index contributed by atoms with van der Waals surface area (Å²) in [6.45, 7) is 3.10. The average molecular weight is 255 g/mol. The van der Waals surface area contributed by atoms with Gasteiger partial charge in [0.25, 0.3) is 0 Å². The molecule has 0 bridgehead atoms. The van der Waals surface area contributed by atoms with E-state index in [1.54, 1.807) is 0 Å². The van der Waals surface area contributed by atoms with Gasteiger partial charge in [0, 0.05) is 6.54 Å². The third-order valence-electron chi connectivity index (χ3n) is 3.70. The Balaban J connectivity index is 1.94. The fourth-order valence-corrected chi connectivity index (χ4v) is 3.10. The summed E-state index contributed by atoms with van der Waals surface area (Å²) < 4.78 is 0. The molecular formula is C11H17N3O2S. The zero-order valence-corrected chi connectivity index (χ0v) is 10.8. The number of nitro groups is 1. The van der Waals surface area contributed by atoms with Crippen LogP contribution in [0, 0.1) is 15.5 Å². The van der Waals surface area contributed by atoms with Crippen molar-refractivity contribution >= 4 is 21.5 Å². The number of anilines is 1. The molecule has 0 atom stereocenters. The van der Waals surface area contributed by atoms with Crippen LogP contribution in [-0.2, 0) is 0 Å². The fraction of sp³-hybridized carbons (Fsp3) is 0.727. The van der Waals surface area contributed by atoms with E-state index in [-0.39, 0.29) is 5.00 Å². The summed E-state index contributed by atoms with van der Waals surface area (Å²) in [5, 5.41) is 14.6. The van der Waals surface area contributed by atoms with Crippen LogP contribution in [0.4, 0.5) is 10.1 Å². The molecule has 0 unspecified atom stereocenters. The minimum Gasteiger partial charge on any atom is -0.361 e. The first-order chi connectivity index (χ1) is 8.15. The first-order valence-corrected chi connectivity index (χ1v) is 6.81. The number of nitrogens with zero attached hydrogens (tertiary/aromatic N) is 2. The summed E-state index contributed by atoms with van der Waals surface area (Å²) in [6, 6.07) is 0. The lowest BCUT2D eigenvalue weighted by molar-refractivity contribution is -0.380. The second-order valence-electron chi connectivity index (χ2n) is 4.67. The molecule has 17 heavy (non-hydrogen) atoms. The van der Waals surface area contributed by atoms with Crippen molar-refractivity contribution in [3.8, 4) is 0 Å². The van der Waals surface area contributed by atoms with Gasteiger partial charge in [-0.3, -0.25) is 10.1 Å². The topological polar surface area (TPSA) is 68.1 Å². The van der Waals surface area contributed by atoms with Gasteiger partial charge in [0.1, 0.15) is 6.20 Å². The molecule has 0 aliphatic heterocycles. The molecule has 1 heterocycles. The molecule has 0 radical (unpaired) electrons. The molecule has 94 valence electrons. The molecule has 5 nitrogen and oxygen atoms in total. The van der Waals surface area contributed by atoms with Crippen LogP contribution >= 0.6 is 11.3 Å². The van der Waals surface area contributed by atoms with Crippen molar-refractivity contribution in [1.29, 1.82) is 0 Å². The molecule has 0 saturated heterocycles. The predicted octanol–water partition coefficient (Wildman–Crippen LogP) is 3.43. The normalized spacial score (nSPS) is 18.2. The van der Waals surface area contributed by atoms with Crippen molar-refractivity contribution in [2.75, 3.05) is 11.9 Å². The van der Waals surface area contributed by atoms with Gasteiger partial charge in [-0.2, -0.15) is 0 Å². The summed E-state index contributed by atoms with van der Waals surface area (Å²) in [6.07, 6.45) is 7.59. The zero-order valence-electron chi connectivity index (χ0n) is 9.94. The van der Waals surface area contributed by atoms with Crippen molar-refractivity contribution in [1.82, 2.24) is 4.98 Å². The van der Waals surface area contributed by atoms with Gasteiger partial charge in [-0.05, 0) is 36.0 Å². The highest BCUT2D eigenvalue weighted by atomic mass is 32.1. The molecule has 1 aromatic heterocycles. The Hall–Kier alpha value is -1.17. The van der Waals surface area contributed by atoms with Gasteiger partial charge in [0.15, 0.2) is 5.13 Å². The molecule has 1 N–H and O–H groups in total. The maximum Gasteiger partial charge on any atom is 0.345 e. The molecule has 0 aromatic carbocycles. The van der Waals surface area contributed by atoms with Gasteiger partial charge in [-0.25, -0.2) is 4.98 Å². The van der Waals surface area contributed by atoms with Gasteiger partial charge in [0.05, 0.1) is 4.92 Å². The lowest BCUT2D eigenvalue weighted by atomic mass is 9.83. The zero-order chi connectivity index (χ0) is 12.3. The van der Waals surface area contributed by atoms with Crippen LogP contribution in [0.2, 0.25) is 0 Å². The molecule has 1 aromatic rings. The number of rotatable bonds is 5. The minimum absolute atomic E-state index is 0.101. The van der Waals surface area contributed by atoms with E-state index in [0.29, 0.717) is 10.5 Å². The quantitative estimate of drug-likeness (QED) is 0.646. The molecule has 0 amide bonds. The summed E-state index contributed by atoms with van der Waals surface area (Å²) in [7, 11) is 0. The highest BCUT2D eigenvalue weighted by Crippen LogP contribution is 2.41. The third kappa shape index (κ3) is 2.74. The highest BCUT2D eigenvalue weighted by Gasteiger charge is 2.31. The van der Waals surface area contributed by atoms with Gasteiger partial charge in [-0.1, -0.05) is 19.8 Å². The number of hydrogen-bond donors (Lipinski definition) is 1. The van der Waals surface area contributed by atoms with E-state index >= 15 is 0 Å². The molecule has 1 aliphatic rings. The minimum atomic E-state index is -0.395. The molecule has 1 aliphatic carbocycles. The summed E-state index contributed by atoms with van der Waals surface area (Å²) in [5.74, 6) is 0. The highest BCUT2D eigenvalue weighted by molar-refractivity contribution is 7.18. The smallest absolute Gasteiger partial charge is 0.345 e. The van der Waals surface area contributed by atoms with Crippen molar-refractivity contribution in [3.63, 3.8) is 0 Å². The lowest BCUT2D eigenvalue weighted by Crippen LogP contribution is -2.25. The monoisotopic (exact) mass is 255 g/mol. The van der Waals surface area contributed by atoms with Crippen LogP contribution in [-0.4, -0.2) is 16.5 Å². The fourth-order valence-electron chi connectivity index (χ4n) is 2.48. The van der Waals surface area contributed by atoms with Crippen LogP contribution in [0.15, 0.2) is 6.20 Å². The van der Waals surface area contributed by atoms with E-state index in [9.17, 15) is 10.1 Å². The molecule has 6 heteroatoms. The largest absolute Gasteiger partial charge is 0.361 e. The van der Waals surface area contributed by atoms with Crippen LogP contribution in [0.1, 0.15) is 39.0 Å². The number of hydrogen-bond acceptors (Lipinski definition) is 5. The molecule has 2 rings (SSSR count). The van der Waals surface area contributed by atoms with Gasteiger partial charge in [-0.15, -0.1) is 0 Å². The molecule has 1 saturated carbocycles. The Labute approximate surface area is 104 Å². The maximum absolute atomic E-state index is 10.5. The molecular weight excluding hydrogens is 238 g/mol. The number of nitrogens with one attached hydrogen (secondary N) is 1. The van der Waals surface area contributed by atoms with E-state index in [1.807, 2.05) is 0 Å². The molecule has 1 fully saturated rings. The van der Waals surface area contributed by atoms with Crippen LogP contribution in [0.5, 0.6) is 0 Å². The van der Waals surface area contributed by atoms with E-state index in [2.05, 4.69) is 17.2 Å². The van der Waals surface area contributed by atoms with E-state index < -0.39 is 4.92 Å². The summed E-state index contributed by atoms with van der Waals surface area (Å²) >= 11 is 1.11. The van der Waals surface area contributed by atoms with Crippen molar-refractivity contribution < 1.29 is 4.92 Å². The van der Waals surface area contributed by atoms with Crippen molar-refractivity contribution in [2.24, 2.45) is 5.41 Å². The van der Waals surface area contributed by atoms with E-state index in [4.69, 9.17) is 0 Å². The summed E-state index contributed by atoms with van der Waals surface area (Å²) in [4.78, 5) is 14.2. The SMILES string of the molecule is CCC1(CNc2ncc([N+](=O)[O-])s2)CCCC1. The first kappa shape index (κ1) is 12.3. The Kier molecular flexibility index (Phi) is 3.61. The second kappa shape index (κ2) is 5.00. The Morgan fingerprint density at radius 2 is 2.29 bits per heavy atom.